The van der Waals surface area contributed by atoms with Crippen LogP contribution in [0.2, 0.25) is 0 Å². The number of nitrogens with one attached hydrogen (secondary N) is 1. The third-order valence-corrected chi connectivity index (χ3v) is 3.63. The Morgan fingerprint density at radius 2 is 1.90 bits per heavy atom. The summed E-state index contributed by atoms with van der Waals surface area (Å²) in [5.41, 5.74) is 3.57. The smallest absolute Gasteiger partial charge is 0.119 e. The number of ether oxygens (including phenoxy) is 1. The Bertz CT molecular complexity index is 560. The molecule has 0 aliphatic carbocycles. The van der Waals surface area contributed by atoms with E-state index in [1.807, 2.05) is 26.1 Å². The Balaban J connectivity index is 2.32. The van der Waals surface area contributed by atoms with E-state index in [4.69, 9.17) is 4.74 Å². The average Bonchev–Trinajstić information content (AvgIpc) is 2.93. The van der Waals surface area contributed by atoms with Crippen molar-refractivity contribution < 1.29 is 4.74 Å². The molecule has 2 aromatic rings. The Hall–Kier alpha value is -1.81. The van der Waals surface area contributed by atoms with Gasteiger partial charge < -0.3 is 10.1 Å². The van der Waals surface area contributed by atoms with Crippen molar-refractivity contribution in [1.29, 1.82) is 0 Å². The van der Waals surface area contributed by atoms with Crippen LogP contribution in [-0.4, -0.2) is 23.4 Å². The molecule has 1 N–H and O–H groups in total. The zero-order valence-corrected chi connectivity index (χ0v) is 13.4. The minimum atomic E-state index is 0.147. The summed E-state index contributed by atoms with van der Waals surface area (Å²) in [6.07, 6.45) is 0.958. The van der Waals surface area contributed by atoms with Crippen LogP contribution in [-0.2, 0) is 13.0 Å². The molecule has 1 atom stereocenters. The van der Waals surface area contributed by atoms with E-state index in [0.29, 0.717) is 6.61 Å². The topological polar surface area (TPSA) is 39.1 Å². The quantitative estimate of drug-likeness (QED) is 0.850. The Morgan fingerprint density at radius 1 is 1.19 bits per heavy atom. The normalized spacial score (nSPS) is 12.4. The number of rotatable bonds is 7. The fourth-order valence-electron chi connectivity index (χ4n) is 2.55. The first-order valence-corrected chi connectivity index (χ1v) is 7.70. The van der Waals surface area contributed by atoms with Crippen LogP contribution < -0.4 is 10.1 Å². The molecular weight excluding hydrogens is 262 g/mol. The Morgan fingerprint density at radius 3 is 2.43 bits per heavy atom. The summed E-state index contributed by atoms with van der Waals surface area (Å²) in [5.74, 6) is 0.911. The molecule has 0 aliphatic rings. The van der Waals surface area contributed by atoms with Gasteiger partial charge in [-0.15, -0.1) is 0 Å². The van der Waals surface area contributed by atoms with E-state index >= 15 is 0 Å². The van der Waals surface area contributed by atoms with Gasteiger partial charge in [-0.2, -0.15) is 5.10 Å². The van der Waals surface area contributed by atoms with Crippen molar-refractivity contribution in [3.05, 3.63) is 47.3 Å². The number of benzene rings is 1. The molecule has 0 radical (unpaired) electrons. The first kappa shape index (κ1) is 15.6. The summed E-state index contributed by atoms with van der Waals surface area (Å²) in [5, 5.41) is 8.04. The molecule has 1 aromatic carbocycles. The molecular formula is C17H25N3O. The number of aryl methyl sites for hydroxylation is 2. The van der Waals surface area contributed by atoms with E-state index in [1.54, 1.807) is 0 Å². The van der Waals surface area contributed by atoms with Crippen LogP contribution in [0, 0.1) is 0 Å². The lowest BCUT2D eigenvalue weighted by molar-refractivity contribution is 0.340. The van der Waals surface area contributed by atoms with Gasteiger partial charge in [-0.1, -0.05) is 19.1 Å². The maximum Gasteiger partial charge on any atom is 0.119 e. The van der Waals surface area contributed by atoms with Gasteiger partial charge >= 0.3 is 0 Å². The van der Waals surface area contributed by atoms with Crippen LogP contribution in [0.1, 0.15) is 43.8 Å². The minimum absolute atomic E-state index is 0.147. The molecule has 21 heavy (non-hydrogen) atoms. The van der Waals surface area contributed by atoms with Crippen molar-refractivity contribution in [2.75, 3.05) is 13.7 Å². The van der Waals surface area contributed by atoms with Gasteiger partial charge in [-0.05, 0) is 51.1 Å². The number of hydrogen-bond donors (Lipinski definition) is 1. The first-order valence-electron chi connectivity index (χ1n) is 7.70. The molecule has 0 aliphatic heterocycles. The van der Waals surface area contributed by atoms with Crippen LogP contribution in [0.5, 0.6) is 5.75 Å². The van der Waals surface area contributed by atoms with E-state index in [2.05, 4.69) is 47.1 Å². The highest BCUT2D eigenvalue weighted by Gasteiger charge is 2.17. The van der Waals surface area contributed by atoms with Gasteiger partial charge in [0.1, 0.15) is 5.75 Å². The summed E-state index contributed by atoms with van der Waals surface area (Å²) in [7, 11) is 1.99. The van der Waals surface area contributed by atoms with Gasteiger partial charge in [0, 0.05) is 6.54 Å². The summed E-state index contributed by atoms with van der Waals surface area (Å²) in [4.78, 5) is 0. The standard InChI is InChI=1S/C17H25N3O/c1-5-14-12-16(20(6-2)19-14)17(18-4)13-8-10-15(11-9-13)21-7-3/h8-12,17-18H,5-7H2,1-4H3. The molecule has 0 amide bonds. The number of nitrogens with zero attached hydrogens (tertiary/aromatic N) is 2. The van der Waals surface area contributed by atoms with Crippen LogP contribution in [0.25, 0.3) is 0 Å². The van der Waals surface area contributed by atoms with Gasteiger partial charge in [0.25, 0.3) is 0 Å². The molecule has 0 saturated heterocycles. The van der Waals surface area contributed by atoms with E-state index in [0.717, 1.165) is 24.4 Å². The SMILES string of the molecule is CCOc1ccc(C(NC)c2cc(CC)nn2CC)cc1. The lowest BCUT2D eigenvalue weighted by atomic mass is 10.0. The zero-order chi connectivity index (χ0) is 15.2. The predicted molar refractivity (Wildman–Crippen MR) is 85.8 cm³/mol. The number of hydrogen-bond acceptors (Lipinski definition) is 3. The maximum absolute atomic E-state index is 5.51. The molecule has 0 fully saturated rings. The van der Waals surface area contributed by atoms with Gasteiger partial charge in [-0.3, -0.25) is 4.68 Å². The fourth-order valence-corrected chi connectivity index (χ4v) is 2.55. The number of aromatic nitrogens is 2. The largest absolute Gasteiger partial charge is 0.494 e. The molecule has 1 heterocycles. The van der Waals surface area contributed by atoms with Gasteiger partial charge in [0.15, 0.2) is 0 Å². The Kier molecular flexibility index (Phi) is 5.39. The van der Waals surface area contributed by atoms with Gasteiger partial charge in [0.2, 0.25) is 0 Å². The summed E-state index contributed by atoms with van der Waals surface area (Å²) in [6.45, 7) is 7.83. The van der Waals surface area contributed by atoms with Crippen LogP contribution in [0.15, 0.2) is 30.3 Å². The fraction of sp³-hybridized carbons (Fsp3) is 0.471. The molecule has 4 heteroatoms. The molecule has 0 bridgehead atoms. The van der Waals surface area contributed by atoms with Crippen molar-refractivity contribution in [1.82, 2.24) is 15.1 Å². The highest BCUT2D eigenvalue weighted by Crippen LogP contribution is 2.25. The van der Waals surface area contributed by atoms with E-state index in [9.17, 15) is 0 Å². The predicted octanol–water partition coefficient (Wildman–Crippen LogP) is 3.17. The van der Waals surface area contributed by atoms with E-state index in [-0.39, 0.29) is 6.04 Å². The van der Waals surface area contributed by atoms with Crippen molar-refractivity contribution in [2.24, 2.45) is 0 Å². The Labute approximate surface area is 127 Å². The lowest BCUT2D eigenvalue weighted by Gasteiger charge is -2.18. The highest BCUT2D eigenvalue weighted by atomic mass is 16.5. The molecule has 2 rings (SSSR count). The maximum atomic E-state index is 5.51. The molecule has 1 unspecified atom stereocenters. The third-order valence-electron chi connectivity index (χ3n) is 3.63. The summed E-state index contributed by atoms with van der Waals surface area (Å²) < 4.78 is 7.59. The van der Waals surface area contributed by atoms with Crippen molar-refractivity contribution in [3.8, 4) is 5.75 Å². The molecule has 4 nitrogen and oxygen atoms in total. The molecule has 114 valence electrons. The molecule has 1 aromatic heterocycles. The monoisotopic (exact) mass is 287 g/mol. The van der Waals surface area contributed by atoms with Crippen molar-refractivity contribution in [3.63, 3.8) is 0 Å². The zero-order valence-electron chi connectivity index (χ0n) is 13.4. The van der Waals surface area contributed by atoms with Gasteiger partial charge in [0.05, 0.1) is 24.0 Å². The van der Waals surface area contributed by atoms with Crippen LogP contribution >= 0.6 is 0 Å². The molecule has 0 spiro atoms. The van der Waals surface area contributed by atoms with E-state index < -0.39 is 0 Å². The summed E-state index contributed by atoms with van der Waals surface area (Å²) >= 11 is 0. The highest BCUT2D eigenvalue weighted by molar-refractivity contribution is 5.34. The molecule has 0 saturated carbocycles. The van der Waals surface area contributed by atoms with Crippen LogP contribution in [0.3, 0.4) is 0 Å². The lowest BCUT2D eigenvalue weighted by Crippen LogP contribution is -2.21. The summed E-state index contributed by atoms with van der Waals surface area (Å²) in [6, 6.07) is 10.6. The van der Waals surface area contributed by atoms with Crippen molar-refractivity contribution in [2.45, 2.75) is 39.8 Å². The van der Waals surface area contributed by atoms with E-state index in [1.165, 1.54) is 11.3 Å². The second-order valence-electron chi connectivity index (χ2n) is 4.95. The minimum Gasteiger partial charge on any atom is -0.494 e. The first-order chi connectivity index (χ1) is 10.2. The second-order valence-corrected chi connectivity index (χ2v) is 4.95. The third kappa shape index (κ3) is 3.45. The second kappa shape index (κ2) is 7.27. The van der Waals surface area contributed by atoms with Gasteiger partial charge in [-0.25, -0.2) is 0 Å². The van der Waals surface area contributed by atoms with Crippen LogP contribution in [0.4, 0.5) is 0 Å². The average molecular weight is 287 g/mol. The van der Waals surface area contributed by atoms with Crippen molar-refractivity contribution >= 4 is 0 Å².